The van der Waals surface area contributed by atoms with Crippen molar-refractivity contribution in [2.24, 2.45) is 0 Å². The second-order valence-corrected chi connectivity index (χ2v) is 10.1. The minimum atomic E-state index is -3.63. The molecule has 0 bridgehead atoms. The van der Waals surface area contributed by atoms with E-state index < -0.39 is 16.1 Å². The Morgan fingerprint density at radius 1 is 1.14 bits per heavy atom. The van der Waals surface area contributed by atoms with Gasteiger partial charge in [0.2, 0.25) is 5.91 Å². The van der Waals surface area contributed by atoms with Gasteiger partial charge in [0.15, 0.2) is 0 Å². The largest absolute Gasteiger partial charge is 0.340 e. The molecule has 0 aliphatic carbocycles. The first-order chi connectivity index (χ1) is 13.5. The maximum absolute atomic E-state index is 13.1. The first kappa shape index (κ1) is 19.1. The quantitative estimate of drug-likeness (QED) is 0.639. The van der Waals surface area contributed by atoms with Crippen LogP contribution < -0.4 is 0 Å². The van der Waals surface area contributed by atoms with Crippen molar-refractivity contribution in [2.45, 2.75) is 29.6 Å². The van der Waals surface area contributed by atoms with Gasteiger partial charge in [0.1, 0.15) is 10.3 Å². The fraction of sp³-hybridized carbons (Fsp3) is 0.286. The van der Waals surface area contributed by atoms with Crippen LogP contribution in [0.2, 0.25) is 0 Å². The third-order valence-electron chi connectivity index (χ3n) is 5.21. The lowest BCUT2D eigenvalue weighted by molar-refractivity contribution is -0.133. The van der Waals surface area contributed by atoms with E-state index in [4.69, 9.17) is 0 Å². The monoisotopic (exact) mass is 414 g/mol. The minimum absolute atomic E-state index is 0.148. The third kappa shape index (κ3) is 3.45. The molecule has 1 saturated heterocycles. The van der Waals surface area contributed by atoms with Crippen LogP contribution in [0.15, 0.2) is 64.2 Å². The van der Waals surface area contributed by atoms with Crippen LogP contribution in [0, 0.1) is 0 Å². The molecule has 0 spiro atoms. The van der Waals surface area contributed by atoms with E-state index in [0.717, 1.165) is 16.3 Å². The third-order valence-corrected chi connectivity index (χ3v) is 8.49. The van der Waals surface area contributed by atoms with Gasteiger partial charge >= 0.3 is 0 Å². The maximum Gasteiger partial charge on any atom is 0.253 e. The number of hydrogen-bond donors (Lipinski definition) is 0. The van der Waals surface area contributed by atoms with Crippen molar-refractivity contribution in [3.8, 4) is 0 Å². The molecule has 1 aromatic heterocycles. The van der Waals surface area contributed by atoms with Crippen molar-refractivity contribution in [2.75, 3.05) is 13.6 Å². The Morgan fingerprint density at radius 2 is 1.93 bits per heavy atom. The second kappa shape index (κ2) is 7.66. The molecule has 2 aromatic carbocycles. The average Bonchev–Trinajstić information content (AvgIpc) is 3.40. The zero-order valence-electron chi connectivity index (χ0n) is 15.6. The zero-order valence-corrected chi connectivity index (χ0v) is 17.2. The summed E-state index contributed by atoms with van der Waals surface area (Å²) in [6.45, 7) is 0.836. The van der Waals surface area contributed by atoms with Crippen LogP contribution in [-0.2, 0) is 21.4 Å². The van der Waals surface area contributed by atoms with Crippen molar-refractivity contribution in [1.82, 2.24) is 9.21 Å². The summed E-state index contributed by atoms with van der Waals surface area (Å²) >= 11 is 1.19. The molecular formula is C21H22N2O3S2. The summed E-state index contributed by atoms with van der Waals surface area (Å²) in [5, 5.41) is 3.98. The van der Waals surface area contributed by atoms with E-state index in [1.54, 1.807) is 29.5 Å². The number of nitrogens with zero attached hydrogens (tertiary/aromatic N) is 2. The lowest BCUT2D eigenvalue weighted by Crippen LogP contribution is -2.46. The lowest BCUT2D eigenvalue weighted by atomic mass is 10.0. The maximum atomic E-state index is 13.1. The average molecular weight is 415 g/mol. The Bertz CT molecular complexity index is 1090. The molecule has 146 valence electrons. The van der Waals surface area contributed by atoms with Crippen molar-refractivity contribution < 1.29 is 13.2 Å². The highest BCUT2D eigenvalue weighted by atomic mass is 32.2. The van der Waals surface area contributed by atoms with Gasteiger partial charge in [-0.05, 0) is 40.6 Å². The van der Waals surface area contributed by atoms with Gasteiger partial charge in [-0.3, -0.25) is 4.79 Å². The van der Waals surface area contributed by atoms with E-state index in [0.29, 0.717) is 30.1 Å². The van der Waals surface area contributed by atoms with Crippen LogP contribution in [0.1, 0.15) is 18.4 Å². The molecule has 1 unspecified atom stereocenters. The predicted molar refractivity (Wildman–Crippen MR) is 112 cm³/mol. The highest BCUT2D eigenvalue weighted by Gasteiger charge is 2.40. The number of benzene rings is 2. The Balaban J connectivity index is 1.56. The van der Waals surface area contributed by atoms with Crippen LogP contribution in [0.4, 0.5) is 0 Å². The number of thiophene rings is 1. The van der Waals surface area contributed by atoms with E-state index in [-0.39, 0.29) is 5.91 Å². The molecule has 1 amide bonds. The Hall–Kier alpha value is -2.22. The number of hydrogen-bond acceptors (Lipinski definition) is 4. The van der Waals surface area contributed by atoms with Crippen molar-refractivity contribution in [1.29, 1.82) is 0 Å². The number of sulfonamides is 1. The van der Waals surface area contributed by atoms with Crippen LogP contribution in [0.5, 0.6) is 0 Å². The van der Waals surface area contributed by atoms with Gasteiger partial charge in [-0.1, -0.05) is 48.5 Å². The van der Waals surface area contributed by atoms with E-state index in [9.17, 15) is 13.2 Å². The first-order valence-corrected chi connectivity index (χ1v) is 11.6. The van der Waals surface area contributed by atoms with Crippen molar-refractivity contribution in [3.63, 3.8) is 0 Å². The van der Waals surface area contributed by atoms with Gasteiger partial charge in [-0.15, -0.1) is 11.3 Å². The fourth-order valence-corrected chi connectivity index (χ4v) is 6.59. The minimum Gasteiger partial charge on any atom is -0.340 e. The number of likely N-dealkylation sites (N-methyl/N-ethyl adjacent to an activating group) is 1. The number of amides is 1. The predicted octanol–water partition coefficient (Wildman–Crippen LogP) is 3.71. The molecule has 0 N–H and O–H groups in total. The molecule has 1 atom stereocenters. The summed E-state index contributed by atoms with van der Waals surface area (Å²) in [6.07, 6.45) is 1.26. The molecule has 0 radical (unpaired) electrons. The molecule has 1 aliphatic rings. The highest BCUT2D eigenvalue weighted by Crippen LogP contribution is 2.30. The molecule has 7 heteroatoms. The summed E-state index contributed by atoms with van der Waals surface area (Å²) in [7, 11) is -1.88. The molecule has 4 rings (SSSR count). The zero-order chi connectivity index (χ0) is 19.7. The highest BCUT2D eigenvalue weighted by molar-refractivity contribution is 7.91. The SMILES string of the molecule is CN(Cc1cccc2ccccc12)C(=O)C1CCCN1S(=O)(=O)c1cccs1. The van der Waals surface area contributed by atoms with E-state index in [2.05, 4.69) is 0 Å². The van der Waals surface area contributed by atoms with Gasteiger partial charge in [-0.2, -0.15) is 4.31 Å². The molecule has 1 fully saturated rings. The van der Waals surface area contributed by atoms with Gasteiger partial charge < -0.3 is 4.90 Å². The number of carbonyl (C=O) groups is 1. The second-order valence-electron chi connectivity index (χ2n) is 7.04. The number of carbonyl (C=O) groups excluding carboxylic acids is 1. The molecule has 28 heavy (non-hydrogen) atoms. The van der Waals surface area contributed by atoms with E-state index >= 15 is 0 Å². The van der Waals surface area contributed by atoms with Crippen molar-refractivity contribution >= 4 is 38.0 Å². The van der Waals surface area contributed by atoms with E-state index in [1.165, 1.54) is 15.6 Å². The molecule has 3 aromatic rings. The summed E-state index contributed by atoms with van der Waals surface area (Å²) in [4.78, 5) is 14.8. The molecule has 0 saturated carbocycles. The van der Waals surface area contributed by atoms with Crippen LogP contribution >= 0.6 is 11.3 Å². The fourth-order valence-electron chi connectivity index (χ4n) is 3.82. The topological polar surface area (TPSA) is 57.7 Å². The van der Waals surface area contributed by atoms with Gasteiger partial charge in [-0.25, -0.2) is 8.42 Å². The van der Waals surface area contributed by atoms with E-state index in [1.807, 2.05) is 42.5 Å². The van der Waals surface area contributed by atoms with Gasteiger partial charge in [0.05, 0.1) is 0 Å². The van der Waals surface area contributed by atoms with Crippen LogP contribution in [-0.4, -0.2) is 43.2 Å². The summed E-state index contributed by atoms with van der Waals surface area (Å²) in [5.74, 6) is -0.148. The lowest BCUT2D eigenvalue weighted by Gasteiger charge is -2.27. The smallest absolute Gasteiger partial charge is 0.253 e. The Morgan fingerprint density at radius 3 is 2.71 bits per heavy atom. The van der Waals surface area contributed by atoms with Crippen LogP contribution in [0.25, 0.3) is 10.8 Å². The number of fused-ring (bicyclic) bond motifs is 1. The summed E-state index contributed by atoms with van der Waals surface area (Å²) < 4.78 is 27.5. The normalized spacial score (nSPS) is 17.8. The Kier molecular flexibility index (Phi) is 5.23. The van der Waals surface area contributed by atoms with Crippen molar-refractivity contribution in [3.05, 3.63) is 65.5 Å². The summed E-state index contributed by atoms with van der Waals surface area (Å²) in [5.41, 5.74) is 1.06. The van der Waals surface area contributed by atoms with Gasteiger partial charge in [0, 0.05) is 20.1 Å². The Labute approximate surface area is 169 Å². The number of rotatable bonds is 5. The van der Waals surface area contributed by atoms with Gasteiger partial charge in [0.25, 0.3) is 10.0 Å². The molecular weight excluding hydrogens is 392 g/mol. The molecule has 1 aliphatic heterocycles. The first-order valence-electron chi connectivity index (χ1n) is 9.25. The summed E-state index contributed by atoms with van der Waals surface area (Å²) in [6, 6.07) is 16.8. The molecule has 5 nitrogen and oxygen atoms in total. The molecule has 2 heterocycles. The van der Waals surface area contributed by atoms with Crippen LogP contribution in [0.3, 0.4) is 0 Å². The standard InChI is InChI=1S/C21H22N2O3S2/c1-22(15-17-9-4-8-16-7-2-3-10-18(16)17)21(24)19-11-5-13-23(19)28(25,26)20-12-6-14-27-20/h2-4,6-10,12,14,19H,5,11,13,15H2,1H3.